The third kappa shape index (κ3) is 8.71. The predicted octanol–water partition coefficient (Wildman–Crippen LogP) is 3.33. The van der Waals surface area contributed by atoms with Gasteiger partial charge in [-0.05, 0) is 76.8 Å². The van der Waals surface area contributed by atoms with Gasteiger partial charge in [0.15, 0.2) is 0 Å². The van der Waals surface area contributed by atoms with E-state index in [-0.39, 0.29) is 6.10 Å². The normalized spacial score (nSPS) is 10.6. The van der Waals surface area contributed by atoms with Gasteiger partial charge < -0.3 is 13.8 Å². The van der Waals surface area contributed by atoms with Crippen molar-refractivity contribution in [3.63, 3.8) is 0 Å². The standard InChI is InChI=1S/C15H22BN6.C9H9O.2CO.Mo/c1-10-7-13(4)20(17-10)16(21-14(5)8-11(2)18-21)22-15(6)9-12(3)19-22;1-2-9(10)8-6-4-3-5-7-8;2*1-2;/h7-9,16H,1-6H3;3-7,9-10H,2H2;;;/q-1;;;;+1. The summed E-state index contributed by atoms with van der Waals surface area (Å²) in [4.78, 5) is 0. The number of hydrogen-bond acceptors (Lipinski definition) is 4. The van der Waals surface area contributed by atoms with Crippen molar-refractivity contribution < 1.29 is 33.6 Å². The van der Waals surface area contributed by atoms with E-state index in [1.807, 2.05) is 51.1 Å². The molecule has 0 aliphatic carbocycles. The number of aliphatic hydroxyl groups excluding tert-OH is 1. The van der Waals surface area contributed by atoms with E-state index in [2.05, 4.69) is 70.3 Å². The average molecular weight is 582 g/mol. The van der Waals surface area contributed by atoms with Gasteiger partial charge in [0.1, 0.15) is 0 Å². The molecule has 0 fully saturated rings. The van der Waals surface area contributed by atoms with Crippen molar-refractivity contribution in [2.45, 2.75) is 54.1 Å². The quantitative estimate of drug-likeness (QED) is 0.221. The summed E-state index contributed by atoms with van der Waals surface area (Å²) in [6.45, 7) is 21.3. The Morgan fingerprint density at radius 2 is 1.14 bits per heavy atom. The fourth-order valence-electron chi connectivity index (χ4n) is 4.14. The number of aromatic nitrogens is 6. The van der Waals surface area contributed by atoms with Crippen LogP contribution in [0.25, 0.3) is 0 Å². The Morgan fingerprint density at radius 3 is 1.41 bits per heavy atom. The van der Waals surface area contributed by atoms with Crippen molar-refractivity contribution in [3.8, 4) is 4.20 Å². The molecule has 0 aliphatic rings. The second-order valence-electron chi connectivity index (χ2n) is 8.48. The summed E-state index contributed by atoms with van der Waals surface area (Å²) < 4.78 is 24.1. The van der Waals surface area contributed by atoms with Crippen molar-refractivity contribution in [1.29, 1.82) is 0 Å². The Labute approximate surface area is 229 Å². The zero-order valence-corrected chi connectivity index (χ0v) is 24.0. The van der Waals surface area contributed by atoms with E-state index in [1.54, 1.807) is 19.2 Å². The van der Waals surface area contributed by atoms with Gasteiger partial charge in [-0.3, -0.25) is 0 Å². The van der Waals surface area contributed by atoms with Crippen molar-refractivity contribution in [2.75, 3.05) is 0 Å². The summed E-state index contributed by atoms with van der Waals surface area (Å²) in [5.74, 6) is 0. The zero-order chi connectivity index (χ0) is 28.1. The fraction of sp³-hybridized carbons (Fsp3) is 0.308. The van der Waals surface area contributed by atoms with Crippen molar-refractivity contribution >= 4 is 7.12 Å². The Bertz CT molecular complexity index is 1240. The van der Waals surface area contributed by atoms with Gasteiger partial charge in [-0.25, -0.2) is 15.3 Å². The first-order valence-electron chi connectivity index (χ1n) is 11.5. The van der Waals surface area contributed by atoms with Gasteiger partial charge in [-0.15, -0.1) is 0 Å². The van der Waals surface area contributed by atoms with E-state index in [9.17, 15) is 5.11 Å². The molecule has 1 unspecified atom stereocenters. The molecular weight excluding hydrogens is 551 g/mol. The summed E-state index contributed by atoms with van der Waals surface area (Å²) in [6.07, 6.45) is 0.220. The minimum absolute atomic E-state index is 0.385. The van der Waals surface area contributed by atoms with Crippen LogP contribution in [0.5, 0.6) is 0 Å². The topological polar surface area (TPSA) is 113 Å². The minimum atomic E-state index is -1.26. The molecule has 0 aliphatic heterocycles. The summed E-state index contributed by atoms with van der Waals surface area (Å²) >= 11 is 1.76. The first-order valence-corrected chi connectivity index (χ1v) is 12.5. The number of hydrogen-bond donors (Lipinski definition) is 1. The van der Waals surface area contributed by atoms with Crippen LogP contribution in [-0.2, 0) is 28.5 Å². The van der Waals surface area contributed by atoms with E-state index in [4.69, 9.17) is 24.6 Å². The fourth-order valence-corrected chi connectivity index (χ4v) is 4.52. The Hall–Kier alpha value is -3.18. The number of rotatable bonds is 5. The first kappa shape index (κ1) is 31.9. The molecule has 0 radical (unpaired) electrons. The van der Waals surface area contributed by atoms with Gasteiger partial charge >= 0.3 is 107 Å². The molecule has 0 bridgehead atoms. The van der Waals surface area contributed by atoms with Crippen LogP contribution >= 0.6 is 0 Å². The molecule has 3 heterocycles. The van der Waals surface area contributed by atoms with E-state index in [1.165, 1.54) is 0 Å². The van der Waals surface area contributed by atoms with Crippen LogP contribution in [0.2, 0.25) is 0 Å². The molecule has 0 spiro atoms. The van der Waals surface area contributed by atoms with Crippen molar-refractivity contribution in [3.05, 3.63) is 102 Å². The van der Waals surface area contributed by atoms with Crippen molar-refractivity contribution in [2.24, 2.45) is 0 Å². The monoisotopic (exact) mass is 584 g/mol. The number of aliphatic hydroxyl groups is 1. The van der Waals surface area contributed by atoms with Gasteiger partial charge in [0.05, 0.1) is 17.1 Å². The Morgan fingerprint density at radius 1 is 0.784 bits per heavy atom. The molecule has 37 heavy (non-hydrogen) atoms. The van der Waals surface area contributed by atoms with Gasteiger partial charge in [0, 0.05) is 0 Å². The maximum atomic E-state index is 9.46. The second kappa shape index (κ2) is 15.8. The Balaban J connectivity index is 0.000000385. The molecule has 1 N–H and O–H groups in total. The average Bonchev–Trinajstić information content (AvgIpc) is 3.53. The van der Waals surface area contributed by atoms with Crippen LogP contribution < -0.4 is 0 Å². The Kier molecular flexibility index (Phi) is 13.6. The maximum absolute atomic E-state index is 9.46. The number of benzene rings is 1. The van der Waals surface area contributed by atoms with Crippen LogP contribution in [0.3, 0.4) is 0 Å². The first-order chi connectivity index (χ1) is 17.7. The molecule has 0 saturated carbocycles. The molecule has 4 rings (SSSR count). The third-order valence-electron chi connectivity index (χ3n) is 5.57. The van der Waals surface area contributed by atoms with Gasteiger partial charge in [0.2, 0.25) is 0 Å². The molecule has 0 saturated heterocycles. The number of aryl methyl sites for hydroxylation is 6. The summed E-state index contributed by atoms with van der Waals surface area (Å²) in [5.41, 5.74) is 7.37. The van der Waals surface area contributed by atoms with E-state index >= 15 is 0 Å². The van der Waals surface area contributed by atoms with Crippen LogP contribution in [0.15, 0.2) is 48.5 Å². The van der Waals surface area contributed by atoms with Crippen LogP contribution in [-0.4, -0.2) is 41.3 Å². The van der Waals surface area contributed by atoms with Gasteiger partial charge in [-0.1, -0.05) is 0 Å². The molecule has 0 amide bonds. The molecular formula is C26H31BMoN6O3. The summed E-state index contributed by atoms with van der Waals surface area (Å²) in [5, 5.41) is 23.5. The molecule has 1 aromatic carbocycles. The molecule has 11 heteroatoms. The molecule has 3 aromatic heterocycles. The van der Waals surface area contributed by atoms with E-state index in [0.29, 0.717) is 6.42 Å². The summed E-state index contributed by atoms with van der Waals surface area (Å²) in [7, 11) is -1.26. The molecule has 4 aromatic rings. The van der Waals surface area contributed by atoms with E-state index < -0.39 is 7.12 Å². The molecule has 192 valence electrons. The SMILES string of the molecule is Cc1cc(C)n([BH-](n2nc(C)cc2C)n2nc(C)cc2C)n1.OC(C[C]#[Mo+])c1ccccc1.[C-]#[O+].[C-]#[O+]. The second-order valence-corrected chi connectivity index (χ2v) is 9.19. The van der Waals surface area contributed by atoms with Crippen LogP contribution in [0, 0.1) is 59.0 Å². The van der Waals surface area contributed by atoms with Gasteiger partial charge in [-0.2, -0.15) is 0 Å². The summed E-state index contributed by atoms with van der Waals surface area (Å²) in [6, 6.07) is 15.9. The van der Waals surface area contributed by atoms with Gasteiger partial charge in [0.25, 0.3) is 0 Å². The van der Waals surface area contributed by atoms with Crippen LogP contribution in [0.1, 0.15) is 52.3 Å². The zero-order valence-electron chi connectivity index (χ0n) is 22.0. The van der Waals surface area contributed by atoms with E-state index in [0.717, 1.165) is 39.7 Å². The van der Waals surface area contributed by atoms with Crippen molar-refractivity contribution in [1.82, 2.24) is 29.1 Å². The third-order valence-corrected chi connectivity index (χ3v) is 5.98. The number of nitrogens with zero attached hydrogens (tertiary/aromatic N) is 6. The molecule has 9 nitrogen and oxygen atoms in total. The molecule has 1 atom stereocenters. The predicted molar refractivity (Wildman–Crippen MR) is 136 cm³/mol. The van der Waals surface area contributed by atoms with Crippen LogP contribution in [0.4, 0.5) is 0 Å².